The summed E-state index contributed by atoms with van der Waals surface area (Å²) < 4.78 is 14.1. The van der Waals surface area contributed by atoms with E-state index < -0.39 is 0 Å². The molecule has 0 bridgehead atoms. The average Bonchev–Trinajstić information content (AvgIpc) is 3.09. The van der Waals surface area contributed by atoms with Crippen LogP contribution in [0.1, 0.15) is 27.2 Å². The number of aryl methyl sites for hydroxylation is 2. The highest BCUT2D eigenvalue weighted by Crippen LogP contribution is 2.28. The third kappa shape index (κ3) is 3.79. The summed E-state index contributed by atoms with van der Waals surface area (Å²) >= 11 is 0. The Morgan fingerprint density at radius 3 is 2.34 bits per heavy atom. The smallest absolute Gasteiger partial charge is 0.251 e. The number of hydrogen-bond donors (Lipinski definition) is 2. The van der Waals surface area contributed by atoms with Crippen LogP contribution in [0.3, 0.4) is 0 Å². The van der Waals surface area contributed by atoms with Gasteiger partial charge in [-0.1, -0.05) is 48.5 Å². The van der Waals surface area contributed by atoms with Crippen LogP contribution < -0.4 is 5.32 Å². The van der Waals surface area contributed by atoms with Crippen molar-refractivity contribution < 1.29 is 9.18 Å². The lowest BCUT2D eigenvalue weighted by Crippen LogP contribution is -2.25. The first-order chi connectivity index (χ1) is 14.0. The Labute approximate surface area is 169 Å². The highest BCUT2D eigenvalue weighted by molar-refractivity contribution is 5.94. The number of hydrogen-bond acceptors (Lipinski definition) is 1. The van der Waals surface area contributed by atoms with E-state index in [1.54, 1.807) is 6.07 Å². The molecule has 29 heavy (non-hydrogen) atoms. The number of nitrogens with one attached hydrogen (secondary N) is 2. The molecule has 4 aromatic rings. The van der Waals surface area contributed by atoms with Gasteiger partial charge in [0.2, 0.25) is 0 Å². The summed E-state index contributed by atoms with van der Waals surface area (Å²) in [6, 6.07) is 20.9. The van der Waals surface area contributed by atoms with E-state index in [4.69, 9.17) is 0 Å². The number of fused-ring (bicyclic) bond motifs is 1. The van der Waals surface area contributed by atoms with Gasteiger partial charge in [0.15, 0.2) is 0 Å². The average molecular weight is 386 g/mol. The van der Waals surface area contributed by atoms with Crippen LogP contribution >= 0.6 is 0 Å². The van der Waals surface area contributed by atoms with Crippen molar-refractivity contribution in [3.05, 3.63) is 94.9 Å². The second-order valence-electron chi connectivity index (χ2n) is 7.29. The molecular formula is C25H23FN2O. The zero-order chi connectivity index (χ0) is 20.4. The largest absolute Gasteiger partial charge is 0.356 e. The van der Waals surface area contributed by atoms with Crippen molar-refractivity contribution in [1.82, 2.24) is 10.3 Å². The molecule has 3 aromatic carbocycles. The molecular weight excluding hydrogens is 363 g/mol. The van der Waals surface area contributed by atoms with Crippen LogP contribution in [0.5, 0.6) is 0 Å². The van der Waals surface area contributed by atoms with Gasteiger partial charge in [-0.3, -0.25) is 4.79 Å². The third-order valence-corrected chi connectivity index (χ3v) is 5.34. The normalized spacial score (nSPS) is 11.0. The summed E-state index contributed by atoms with van der Waals surface area (Å²) in [7, 11) is 0. The Morgan fingerprint density at radius 1 is 0.931 bits per heavy atom. The van der Waals surface area contributed by atoms with Gasteiger partial charge in [0.25, 0.3) is 5.91 Å². The SMILES string of the molecule is Cc1[nH]c2c(F)ccc(C)c2c1CCNC(=O)c1ccc(-c2ccccc2)cc1. The summed E-state index contributed by atoms with van der Waals surface area (Å²) in [5.74, 6) is -0.354. The number of carbonyl (C=O) groups is 1. The Balaban J connectivity index is 1.44. The summed E-state index contributed by atoms with van der Waals surface area (Å²) in [5.41, 5.74) is 6.39. The number of aromatic amines is 1. The molecule has 0 aliphatic carbocycles. The third-order valence-electron chi connectivity index (χ3n) is 5.34. The number of aromatic nitrogens is 1. The van der Waals surface area contributed by atoms with E-state index in [9.17, 15) is 9.18 Å². The molecule has 0 unspecified atom stereocenters. The molecule has 1 heterocycles. The highest BCUT2D eigenvalue weighted by Gasteiger charge is 2.14. The van der Waals surface area contributed by atoms with Crippen LogP contribution in [0.25, 0.3) is 22.0 Å². The number of amides is 1. The maximum atomic E-state index is 14.1. The predicted octanol–water partition coefficient (Wildman–Crippen LogP) is 5.56. The van der Waals surface area contributed by atoms with Gasteiger partial charge in [0.05, 0.1) is 5.52 Å². The van der Waals surface area contributed by atoms with Crippen molar-refractivity contribution in [3.63, 3.8) is 0 Å². The first-order valence-corrected chi connectivity index (χ1v) is 9.74. The highest BCUT2D eigenvalue weighted by atomic mass is 19.1. The molecule has 1 aromatic heterocycles. The lowest BCUT2D eigenvalue weighted by molar-refractivity contribution is 0.0954. The maximum absolute atomic E-state index is 14.1. The molecule has 0 aliphatic rings. The standard InChI is InChI=1S/C25H23FN2O/c1-16-8-13-22(26)24-23(16)21(17(2)28-24)14-15-27-25(29)20-11-9-19(10-12-20)18-6-4-3-5-7-18/h3-13,28H,14-15H2,1-2H3,(H,27,29). The van der Waals surface area contributed by atoms with E-state index >= 15 is 0 Å². The van der Waals surface area contributed by atoms with Gasteiger partial charge in [0, 0.05) is 23.2 Å². The van der Waals surface area contributed by atoms with Crippen LogP contribution in [-0.4, -0.2) is 17.4 Å². The molecule has 146 valence electrons. The molecule has 0 fully saturated rings. The summed E-state index contributed by atoms with van der Waals surface area (Å²) in [6.07, 6.45) is 0.643. The zero-order valence-corrected chi connectivity index (χ0v) is 16.6. The molecule has 0 saturated carbocycles. The van der Waals surface area contributed by atoms with Gasteiger partial charge in [-0.05, 0) is 60.7 Å². The van der Waals surface area contributed by atoms with Crippen molar-refractivity contribution in [2.24, 2.45) is 0 Å². The second kappa shape index (κ2) is 7.92. The summed E-state index contributed by atoms with van der Waals surface area (Å²) in [5, 5.41) is 3.90. The van der Waals surface area contributed by atoms with Crippen molar-refractivity contribution >= 4 is 16.8 Å². The molecule has 0 atom stereocenters. The fourth-order valence-corrected chi connectivity index (χ4v) is 3.80. The molecule has 4 rings (SSSR count). The minimum absolute atomic E-state index is 0.106. The van der Waals surface area contributed by atoms with Crippen LogP contribution in [0.15, 0.2) is 66.7 Å². The van der Waals surface area contributed by atoms with E-state index in [0.29, 0.717) is 24.0 Å². The van der Waals surface area contributed by atoms with Gasteiger partial charge in [-0.25, -0.2) is 4.39 Å². The Bertz CT molecular complexity index is 1160. The van der Waals surface area contributed by atoms with E-state index in [2.05, 4.69) is 10.3 Å². The zero-order valence-electron chi connectivity index (χ0n) is 16.6. The summed E-state index contributed by atoms with van der Waals surface area (Å²) in [6.45, 7) is 4.41. The molecule has 3 nitrogen and oxygen atoms in total. The molecule has 0 aliphatic heterocycles. The summed E-state index contributed by atoms with van der Waals surface area (Å²) in [4.78, 5) is 15.7. The molecule has 0 spiro atoms. The number of rotatable bonds is 5. The Hall–Kier alpha value is -3.40. The number of H-pyrrole nitrogens is 1. The van der Waals surface area contributed by atoms with E-state index in [1.807, 2.05) is 68.4 Å². The topological polar surface area (TPSA) is 44.9 Å². The first-order valence-electron chi connectivity index (χ1n) is 9.74. The quantitative estimate of drug-likeness (QED) is 0.463. The van der Waals surface area contributed by atoms with Crippen LogP contribution in [-0.2, 0) is 6.42 Å². The van der Waals surface area contributed by atoms with Crippen molar-refractivity contribution in [1.29, 1.82) is 0 Å². The fraction of sp³-hybridized carbons (Fsp3) is 0.160. The van der Waals surface area contributed by atoms with Gasteiger partial charge in [-0.15, -0.1) is 0 Å². The number of halogens is 1. The molecule has 4 heteroatoms. The van der Waals surface area contributed by atoms with E-state index in [0.717, 1.165) is 33.3 Å². The van der Waals surface area contributed by atoms with Gasteiger partial charge in [0.1, 0.15) is 5.82 Å². The maximum Gasteiger partial charge on any atom is 0.251 e. The minimum atomic E-state index is -0.248. The number of benzene rings is 3. The Morgan fingerprint density at radius 2 is 1.62 bits per heavy atom. The first kappa shape index (κ1) is 18.9. The van der Waals surface area contributed by atoms with E-state index in [1.165, 1.54) is 6.07 Å². The molecule has 1 amide bonds. The lowest BCUT2D eigenvalue weighted by Gasteiger charge is -2.08. The fourth-order valence-electron chi connectivity index (χ4n) is 3.80. The molecule has 0 saturated heterocycles. The Kier molecular flexibility index (Phi) is 5.17. The monoisotopic (exact) mass is 386 g/mol. The second-order valence-corrected chi connectivity index (χ2v) is 7.29. The molecule has 0 radical (unpaired) electrons. The van der Waals surface area contributed by atoms with Gasteiger partial charge < -0.3 is 10.3 Å². The van der Waals surface area contributed by atoms with Gasteiger partial charge in [-0.2, -0.15) is 0 Å². The minimum Gasteiger partial charge on any atom is -0.356 e. The van der Waals surface area contributed by atoms with E-state index in [-0.39, 0.29) is 11.7 Å². The van der Waals surface area contributed by atoms with Crippen LogP contribution in [0, 0.1) is 19.7 Å². The predicted molar refractivity (Wildman–Crippen MR) is 116 cm³/mol. The lowest BCUT2D eigenvalue weighted by atomic mass is 10.0. The van der Waals surface area contributed by atoms with Crippen LogP contribution in [0.4, 0.5) is 4.39 Å². The molecule has 2 N–H and O–H groups in total. The van der Waals surface area contributed by atoms with Gasteiger partial charge >= 0.3 is 0 Å². The van der Waals surface area contributed by atoms with Crippen molar-refractivity contribution in [2.75, 3.05) is 6.54 Å². The van der Waals surface area contributed by atoms with Crippen molar-refractivity contribution in [2.45, 2.75) is 20.3 Å². The van der Waals surface area contributed by atoms with Crippen molar-refractivity contribution in [3.8, 4) is 11.1 Å². The number of carbonyl (C=O) groups excluding carboxylic acids is 1. The van der Waals surface area contributed by atoms with Crippen LogP contribution in [0.2, 0.25) is 0 Å².